The lowest BCUT2D eigenvalue weighted by atomic mass is 10.2. The molecule has 0 aliphatic carbocycles. The Labute approximate surface area is 132 Å². The third kappa shape index (κ3) is 3.45. The summed E-state index contributed by atoms with van der Waals surface area (Å²) in [7, 11) is 1.50. The first-order valence-corrected chi connectivity index (χ1v) is 6.61. The van der Waals surface area contributed by atoms with E-state index >= 15 is 0 Å². The van der Waals surface area contributed by atoms with Gasteiger partial charge >= 0.3 is 0 Å². The Morgan fingerprint density at radius 3 is 2.68 bits per heavy atom. The van der Waals surface area contributed by atoms with Gasteiger partial charge in [-0.2, -0.15) is 5.26 Å². The summed E-state index contributed by atoms with van der Waals surface area (Å²) < 4.78 is 5.05. The van der Waals surface area contributed by atoms with E-state index in [9.17, 15) is 10.1 Å². The molecule has 0 atom stereocenters. The first kappa shape index (κ1) is 15.6. The van der Waals surface area contributed by atoms with Crippen LogP contribution in [0.2, 0.25) is 5.02 Å². The molecular formula is C15H12ClN3O3. The quantitative estimate of drug-likeness (QED) is 0.810. The largest absolute Gasteiger partial charge is 0.497 e. The summed E-state index contributed by atoms with van der Waals surface area (Å²) in [4.78, 5) is 21.3. The molecule has 0 bridgehead atoms. The normalized spacial score (nSPS) is 9.73. The number of ether oxygens (including phenoxy) is 1. The van der Waals surface area contributed by atoms with Crippen LogP contribution < -0.4 is 14.6 Å². The van der Waals surface area contributed by atoms with E-state index < -0.39 is 5.91 Å². The lowest BCUT2D eigenvalue weighted by Crippen LogP contribution is -2.33. The SMILES string of the molecule is COc1ccc(ON(C(C)=O)c2ccc(Cl)cn2)c(C#N)c1. The van der Waals surface area contributed by atoms with Crippen LogP contribution in [-0.4, -0.2) is 18.0 Å². The van der Waals surface area contributed by atoms with Crippen LogP contribution in [0, 0.1) is 11.3 Å². The number of aromatic nitrogens is 1. The predicted molar refractivity (Wildman–Crippen MR) is 80.7 cm³/mol. The molecule has 0 unspecified atom stereocenters. The van der Waals surface area contributed by atoms with Gasteiger partial charge in [0.25, 0.3) is 5.91 Å². The van der Waals surface area contributed by atoms with Crippen molar-refractivity contribution in [2.45, 2.75) is 6.92 Å². The topological polar surface area (TPSA) is 75.5 Å². The van der Waals surface area contributed by atoms with E-state index in [1.165, 1.54) is 26.3 Å². The monoisotopic (exact) mass is 317 g/mol. The van der Waals surface area contributed by atoms with Gasteiger partial charge in [-0.15, -0.1) is 5.06 Å². The zero-order chi connectivity index (χ0) is 16.1. The number of carbonyl (C=O) groups excluding carboxylic acids is 1. The molecule has 0 radical (unpaired) electrons. The summed E-state index contributed by atoms with van der Waals surface area (Å²) in [5.74, 6) is 0.601. The molecule has 112 valence electrons. The third-order valence-electron chi connectivity index (χ3n) is 2.70. The fourth-order valence-electron chi connectivity index (χ4n) is 1.66. The number of pyridine rings is 1. The van der Waals surface area contributed by atoms with Crippen LogP contribution in [0.1, 0.15) is 12.5 Å². The van der Waals surface area contributed by atoms with Gasteiger partial charge in [0, 0.05) is 19.2 Å². The number of hydroxylamine groups is 1. The number of rotatable bonds is 4. The smallest absolute Gasteiger partial charge is 0.258 e. The number of hydrogen-bond acceptors (Lipinski definition) is 5. The van der Waals surface area contributed by atoms with E-state index in [-0.39, 0.29) is 17.1 Å². The molecule has 2 aromatic rings. The number of nitriles is 1. The van der Waals surface area contributed by atoms with E-state index in [2.05, 4.69) is 4.98 Å². The number of anilines is 1. The van der Waals surface area contributed by atoms with Gasteiger partial charge in [-0.25, -0.2) is 4.98 Å². The lowest BCUT2D eigenvalue weighted by molar-refractivity contribution is -0.120. The molecule has 0 N–H and O–H groups in total. The van der Waals surface area contributed by atoms with E-state index in [1.54, 1.807) is 24.3 Å². The van der Waals surface area contributed by atoms with Crippen molar-refractivity contribution >= 4 is 23.3 Å². The van der Waals surface area contributed by atoms with Gasteiger partial charge < -0.3 is 9.57 Å². The Kier molecular flexibility index (Phi) is 4.81. The van der Waals surface area contributed by atoms with E-state index in [0.29, 0.717) is 10.8 Å². The van der Waals surface area contributed by atoms with Gasteiger partial charge in [-0.3, -0.25) is 4.79 Å². The Hall–Kier alpha value is -2.78. The van der Waals surface area contributed by atoms with Crippen molar-refractivity contribution < 1.29 is 14.4 Å². The van der Waals surface area contributed by atoms with Gasteiger partial charge in [-0.05, 0) is 24.3 Å². The lowest BCUT2D eigenvalue weighted by Gasteiger charge is -2.20. The predicted octanol–water partition coefficient (Wildman–Crippen LogP) is 2.96. The Morgan fingerprint density at radius 1 is 1.36 bits per heavy atom. The molecule has 1 aromatic heterocycles. The van der Waals surface area contributed by atoms with Crippen molar-refractivity contribution in [3.05, 3.63) is 47.1 Å². The summed E-state index contributed by atoms with van der Waals surface area (Å²) in [5.41, 5.74) is 0.236. The maximum Gasteiger partial charge on any atom is 0.258 e. The van der Waals surface area contributed by atoms with E-state index in [1.807, 2.05) is 6.07 Å². The standard InChI is InChI=1S/C15H12ClN3O3/c1-10(20)19(15-6-3-12(16)9-18-15)22-14-5-4-13(21-2)7-11(14)8-17/h3-7,9H,1-2H3. The highest BCUT2D eigenvalue weighted by atomic mass is 35.5. The number of benzene rings is 1. The highest BCUT2D eigenvalue weighted by molar-refractivity contribution is 6.30. The van der Waals surface area contributed by atoms with Gasteiger partial charge in [0.1, 0.15) is 17.4 Å². The van der Waals surface area contributed by atoms with Crippen molar-refractivity contribution in [1.29, 1.82) is 5.26 Å². The summed E-state index contributed by atoms with van der Waals surface area (Å²) in [6.45, 7) is 1.33. The first-order chi connectivity index (χ1) is 10.5. The van der Waals surface area contributed by atoms with Crippen molar-refractivity contribution in [3.8, 4) is 17.6 Å². The summed E-state index contributed by atoms with van der Waals surface area (Å²) >= 11 is 5.77. The molecule has 1 heterocycles. The van der Waals surface area contributed by atoms with E-state index in [0.717, 1.165) is 5.06 Å². The minimum Gasteiger partial charge on any atom is -0.497 e. The van der Waals surface area contributed by atoms with Crippen molar-refractivity contribution in [2.75, 3.05) is 12.2 Å². The van der Waals surface area contributed by atoms with Crippen molar-refractivity contribution in [3.63, 3.8) is 0 Å². The van der Waals surface area contributed by atoms with Crippen LogP contribution in [0.5, 0.6) is 11.5 Å². The molecule has 0 saturated heterocycles. The molecule has 22 heavy (non-hydrogen) atoms. The molecule has 0 spiro atoms. The summed E-state index contributed by atoms with van der Waals surface area (Å²) in [6, 6.07) is 9.81. The molecule has 0 aliphatic rings. The van der Waals surface area contributed by atoms with E-state index in [4.69, 9.17) is 21.2 Å². The second-order valence-corrected chi connectivity index (χ2v) is 4.65. The fourth-order valence-corrected chi connectivity index (χ4v) is 1.77. The molecular weight excluding hydrogens is 306 g/mol. The van der Waals surface area contributed by atoms with Crippen LogP contribution in [0.4, 0.5) is 5.82 Å². The molecule has 1 amide bonds. The molecule has 7 heteroatoms. The molecule has 6 nitrogen and oxygen atoms in total. The number of halogens is 1. The van der Waals surface area contributed by atoms with Crippen LogP contribution >= 0.6 is 11.6 Å². The molecule has 0 aliphatic heterocycles. The van der Waals surface area contributed by atoms with Crippen LogP contribution in [-0.2, 0) is 4.79 Å². The minimum absolute atomic E-state index is 0.218. The van der Waals surface area contributed by atoms with Gasteiger partial charge in [0.15, 0.2) is 11.6 Å². The number of hydrogen-bond donors (Lipinski definition) is 0. The Bertz CT molecular complexity index is 726. The fraction of sp³-hybridized carbons (Fsp3) is 0.133. The van der Waals surface area contributed by atoms with Crippen molar-refractivity contribution in [2.24, 2.45) is 0 Å². The van der Waals surface area contributed by atoms with Crippen LogP contribution in [0.3, 0.4) is 0 Å². The summed E-state index contributed by atoms with van der Waals surface area (Å²) in [5, 5.41) is 10.6. The zero-order valence-electron chi connectivity index (χ0n) is 11.9. The first-order valence-electron chi connectivity index (χ1n) is 6.23. The second-order valence-electron chi connectivity index (χ2n) is 4.21. The molecule has 0 fully saturated rings. The zero-order valence-corrected chi connectivity index (χ0v) is 12.7. The molecule has 2 rings (SSSR count). The van der Waals surface area contributed by atoms with Crippen LogP contribution in [0.25, 0.3) is 0 Å². The van der Waals surface area contributed by atoms with Gasteiger partial charge in [0.2, 0.25) is 0 Å². The van der Waals surface area contributed by atoms with Gasteiger partial charge in [0.05, 0.1) is 12.1 Å². The van der Waals surface area contributed by atoms with Crippen molar-refractivity contribution in [1.82, 2.24) is 4.98 Å². The van der Waals surface area contributed by atoms with Crippen LogP contribution in [0.15, 0.2) is 36.5 Å². The Balaban J connectivity index is 2.35. The molecule has 0 saturated carbocycles. The summed E-state index contributed by atoms with van der Waals surface area (Å²) in [6.07, 6.45) is 1.40. The number of methoxy groups -OCH3 is 1. The maximum atomic E-state index is 11.8. The maximum absolute atomic E-state index is 11.8. The average Bonchev–Trinajstić information content (AvgIpc) is 2.53. The second kappa shape index (κ2) is 6.78. The number of nitrogens with zero attached hydrogens (tertiary/aromatic N) is 3. The third-order valence-corrected chi connectivity index (χ3v) is 2.93. The molecule has 1 aromatic carbocycles. The minimum atomic E-state index is -0.394. The highest BCUT2D eigenvalue weighted by Crippen LogP contribution is 2.26. The van der Waals surface area contributed by atoms with Gasteiger partial charge in [-0.1, -0.05) is 11.6 Å². The Morgan fingerprint density at radius 2 is 2.14 bits per heavy atom. The number of amides is 1. The number of carbonyl (C=O) groups is 1. The highest BCUT2D eigenvalue weighted by Gasteiger charge is 2.17. The average molecular weight is 318 g/mol.